The van der Waals surface area contributed by atoms with Crippen molar-refractivity contribution in [2.24, 2.45) is 5.92 Å². The van der Waals surface area contributed by atoms with Crippen molar-refractivity contribution in [1.29, 1.82) is 0 Å². The first-order chi connectivity index (χ1) is 7.49. The van der Waals surface area contributed by atoms with Gasteiger partial charge >= 0.3 is 5.97 Å². The molecule has 0 spiro atoms. The first-order valence-corrected chi connectivity index (χ1v) is 6.16. The Labute approximate surface area is 98.0 Å². The topological polar surface area (TPSA) is 52.6 Å². The lowest BCUT2D eigenvalue weighted by molar-refractivity contribution is -0.140. The zero-order chi connectivity index (χ0) is 12.1. The molecule has 1 saturated carbocycles. The van der Waals surface area contributed by atoms with Gasteiger partial charge in [-0.15, -0.1) is 0 Å². The van der Waals surface area contributed by atoms with Crippen molar-refractivity contribution < 1.29 is 9.90 Å². The Kier molecular flexibility index (Phi) is 5.22. The second kappa shape index (κ2) is 6.21. The van der Waals surface area contributed by atoms with Gasteiger partial charge in [-0.3, -0.25) is 4.79 Å². The van der Waals surface area contributed by atoms with Crippen LogP contribution in [0.3, 0.4) is 0 Å². The monoisotopic (exact) mass is 228 g/mol. The van der Waals surface area contributed by atoms with Crippen LogP contribution in [-0.4, -0.2) is 48.2 Å². The van der Waals surface area contributed by atoms with E-state index in [4.69, 9.17) is 5.11 Å². The summed E-state index contributed by atoms with van der Waals surface area (Å²) in [6, 6.07) is -0.247. The van der Waals surface area contributed by atoms with Crippen LogP contribution in [0.5, 0.6) is 0 Å². The molecular weight excluding hydrogens is 204 g/mol. The second-order valence-electron chi connectivity index (χ2n) is 5.23. The van der Waals surface area contributed by atoms with Crippen molar-refractivity contribution in [1.82, 2.24) is 10.2 Å². The number of hydrogen-bond donors (Lipinski definition) is 2. The Bertz CT molecular complexity index is 227. The van der Waals surface area contributed by atoms with Crippen LogP contribution in [0.15, 0.2) is 0 Å². The lowest BCUT2D eigenvalue weighted by Crippen LogP contribution is -2.48. The zero-order valence-electron chi connectivity index (χ0n) is 10.6. The Morgan fingerprint density at radius 1 is 1.50 bits per heavy atom. The molecule has 94 valence electrons. The number of rotatable bonds is 7. The highest BCUT2D eigenvalue weighted by molar-refractivity contribution is 5.73. The summed E-state index contributed by atoms with van der Waals surface area (Å²) in [4.78, 5) is 13.2. The molecule has 4 nitrogen and oxygen atoms in total. The minimum atomic E-state index is -0.755. The van der Waals surface area contributed by atoms with Gasteiger partial charge in [0.15, 0.2) is 0 Å². The number of carbonyl (C=O) groups is 1. The van der Waals surface area contributed by atoms with Crippen LogP contribution in [0.4, 0.5) is 0 Å². The third-order valence-corrected chi connectivity index (χ3v) is 3.12. The van der Waals surface area contributed by atoms with E-state index in [1.165, 1.54) is 19.3 Å². The molecule has 0 amide bonds. The van der Waals surface area contributed by atoms with Gasteiger partial charge in [0.2, 0.25) is 0 Å². The smallest absolute Gasteiger partial charge is 0.322 e. The van der Waals surface area contributed by atoms with Crippen molar-refractivity contribution in [2.45, 2.75) is 45.2 Å². The molecule has 0 bridgehead atoms. The molecule has 1 unspecified atom stereocenters. The number of nitrogens with zero attached hydrogens (tertiary/aromatic N) is 1. The van der Waals surface area contributed by atoms with Gasteiger partial charge < -0.3 is 15.3 Å². The average molecular weight is 228 g/mol. The van der Waals surface area contributed by atoms with Gasteiger partial charge in [-0.2, -0.15) is 0 Å². The summed E-state index contributed by atoms with van der Waals surface area (Å²) < 4.78 is 0. The van der Waals surface area contributed by atoms with E-state index < -0.39 is 12.0 Å². The summed E-state index contributed by atoms with van der Waals surface area (Å²) >= 11 is 0. The quantitative estimate of drug-likeness (QED) is 0.687. The van der Waals surface area contributed by atoms with Crippen LogP contribution in [0, 0.1) is 5.92 Å². The van der Waals surface area contributed by atoms with E-state index in [-0.39, 0.29) is 6.04 Å². The fourth-order valence-electron chi connectivity index (χ4n) is 2.11. The molecule has 1 atom stereocenters. The highest BCUT2D eigenvalue weighted by Crippen LogP contribution is 2.26. The predicted molar refractivity (Wildman–Crippen MR) is 64.5 cm³/mol. The minimum absolute atomic E-state index is 0.207. The Balaban J connectivity index is 2.31. The number of hydrogen-bond acceptors (Lipinski definition) is 3. The number of nitrogens with one attached hydrogen (secondary N) is 1. The molecule has 1 aliphatic carbocycles. The molecule has 0 saturated heterocycles. The molecule has 0 aromatic heterocycles. The van der Waals surface area contributed by atoms with Gasteiger partial charge in [-0.1, -0.05) is 20.3 Å². The summed E-state index contributed by atoms with van der Waals surface area (Å²) in [6.07, 6.45) is 3.95. The summed E-state index contributed by atoms with van der Waals surface area (Å²) in [6.45, 7) is 5.57. The maximum Gasteiger partial charge on any atom is 0.322 e. The fraction of sp³-hybridized carbons (Fsp3) is 0.917. The highest BCUT2D eigenvalue weighted by Gasteiger charge is 2.23. The lowest BCUT2D eigenvalue weighted by Gasteiger charge is -2.31. The van der Waals surface area contributed by atoms with E-state index in [1.54, 1.807) is 0 Å². The van der Waals surface area contributed by atoms with Crippen LogP contribution in [0.25, 0.3) is 0 Å². The summed E-state index contributed by atoms with van der Waals surface area (Å²) in [5, 5.41) is 12.2. The third-order valence-electron chi connectivity index (χ3n) is 3.12. The number of likely N-dealkylation sites (N-methyl/N-ethyl adjacent to an activating group) is 1. The maximum atomic E-state index is 11.1. The molecule has 1 fully saturated rings. The van der Waals surface area contributed by atoms with E-state index >= 15 is 0 Å². The number of aliphatic carboxylic acids is 1. The molecule has 4 heteroatoms. The van der Waals surface area contributed by atoms with Crippen LogP contribution in [-0.2, 0) is 4.79 Å². The van der Waals surface area contributed by atoms with Gasteiger partial charge in [0, 0.05) is 19.1 Å². The second-order valence-corrected chi connectivity index (χ2v) is 5.23. The van der Waals surface area contributed by atoms with E-state index in [9.17, 15) is 4.79 Å². The standard InChI is InChI=1S/C12H24N2O2/c1-9(2)13-11(12(15)16)8-14(3)7-10-5-4-6-10/h9-11,13H,4-8H2,1-3H3,(H,15,16). The first kappa shape index (κ1) is 13.5. The fourth-order valence-corrected chi connectivity index (χ4v) is 2.11. The molecule has 0 aromatic rings. The van der Waals surface area contributed by atoms with Gasteiger partial charge in [0.1, 0.15) is 6.04 Å². The van der Waals surface area contributed by atoms with E-state index in [1.807, 2.05) is 20.9 Å². The summed E-state index contributed by atoms with van der Waals surface area (Å²) in [7, 11) is 2.01. The normalized spacial score (nSPS) is 18.8. The van der Waals surface area contributed by atoms with Crippen molar-refractivity contribution >= 4 is 5.97 Å². The highest BCUT2D eigenvalue weighted by atomic mass is 16.4. The van der Waals surface area contributed by atoms with Gasteiger partial charge in [-0.05, 0) is 25.8 Å². The zero-order valence-corrected chi connectivity index (χ0v) is 10.6. The van der Waals surface area contributed by atoms with Gasteiger partial charge in [0.25, 0.3) is 0 Å². The Morgan fingerprint density at radius 3 is 2.50 bits per heavy atom. The molecule has 0 heterocycles. The molecule has 2 N–H and O–H groups in total. The maximum absolute atomic E-state index is 11.1. The van der Waals surface area contributed by atoms with Crippen molar-refractivity contribution in [3.8, 4) is 0 Å². The molecular formula is C12H24N2O2. The number of carboxylic acid groups (broad SMARTS) is 1. The molecule has 0 aliphatic heterocycles. The van der Waals surface area contributed by atoms with Crippen molar-refractivity contribution in [2.75, 3.05) is 20.1 Å². The van der Waals surface area contributed by atoms with Crippen LogP contribution in [0.2, 0.25) is 0 Å². The first-order valence-electron chi connectivity index (χ1n) is 6.16. The van der Waals surface area contributed by atoms with Gasteiger partial charge in [0.05, 0.1) is 0 Å². The summed E-state index contributed by atoms with van der Waals surface area (Å²) in [5.74, 6) is 0.0349. The molecule has 1 rings (SSSR count). The largest absolute Gasteiger partial charge is 0.480 e. The SMILES string of the molecule is CC(C)NC(CN(C)CC1CCC1)C(=O)O. The lowest BCUT2D eigenvalue weighted by atomic mass is 9.85. The molecule has 0 radical (unpaired) electrons. The summed E-state index contributed by atoms with van der Waals surface area (Å²) in [5.41, 5.74) is 0. The van der Waals surface area contributed by atoms with Crippen molar-refractivity contribution in [3.05, 3.63) is 0 Å². The molecule has 16 heavy (non-hydrogen) atoms. The van der Waals surface area contributed by atoms with Crippen LogP contribution < -0.4 is 5.32 Å². The predicted octanol–water partition coefficient (Wildman–Crippen LogP) is 1.17. The minimum Gasteiger partial charge on any atom is -0.480 e. The average Bonchev–Trinajstić information content (AvgIpc) is 2.09. The Morgan fingerprint density at radius 2 is 2.12 bits per heavy atom. The van der Waals surface area contributed by atoms with Crippen LogP contribution >= 0.6 is 0 Å². The van der Waals surface area contributed by atoms with Crippen molar-refractivity contribution in [3.63, 3.8) is 0 Å². The van der Waals surface area contributed by atoms with Crippen LogP contribution in [0.1, 0.15) is 33.1 Å². The Hall–Kier alpha value is -0.610. The number of carboxylic acids is 1. The van der Waals surface area contributed by atoms with E-state index in [0.29, 0.717) is 6.54 Å². The third kappa shape index (κ3) is 4.49. The molecule has 0 aromatic carbocycles. The van der Waals surface area contributed by atoms with E-state index in [2.05, 4.69) is 10.2 Å². The van der Waals surface area contributed by atoms with Gasteiger partial charge in [-0.25, -0.2) is 0 Å². The molecule has 1 aliphatic rings. The van der Waals surface area contributed by atoms with E-state index in [0.717, 1.165) is 12.5 Å².